The molecule has 0 aliphatic heterocycles. The number of benzene rings is 1. The molecule has 1 rings (SSSR count). The summed E-state index contributed by atoms with van der Waals surface area (Å²) in [5, 5.41) is 2.30. The highest BCUT2D eigenvalue weighted by atomic mass is 19.1. The Morgan fingerprint density at radius 2 is 1.36 bits per heavy atom. The lowest BCUT2D eigenvalue weighted by Gasteiger charge is -2.29. The van der Waals surface area contributed by atoms with Gasteiger partial charge in [0.1, 0.15) is 0 Å². The Morgan fingerprint density at radius 3 is 1.85 bits per heavy atom. The number of hydrogen-bond donors (Lipinski definition) is 1. The van der Waals surface area contributed by atoms with Gasteiger partial charge in [0.25, 0.3) is 0 Å². The number of hydrogen-bond acceptors (Lipinski definition) is 6. The summed E-state index contributed by atoms with van der Waals surface area (Å²) in [6.45, 7) is 3.96. The molecule has 8 heteroatoms. The molecule has 7 nitrogen and oxygen atoms in total. The minimum Gasteiger partial charge on any atom is -0.464 e. The van der Waals surface area contributed by atoms with Crippen LogP contribution in [-0.4, -0.2) is 49.1 Å². The van der Waals surface area contributed by atoms with Gasteiger partial charge in [-0.15, -0.1) is 0 Å². The van der Waals surface area contributed by atoms with Crippen LogP contribution in [0.3, 0.4) is 0 Å². The maximum absolute atomic E-state index is 13.0. The van der Waals surface area contributed by atoms with Gasteiger partial charge in [0.2, 0.25) is 11.4 Å². The minimum absolute atomic E-state index is 0.0295. The second kappa shape index (κ2) is 15.1. The van der Waals surface area contributed by atoms with Crippen molar-refractivity contribution >= 4 is 23.6 Å². The number of aryl methyl sites for hydroxylation is 1. The molecule has 0 radical (unpaired) electrons. The summed E-state index contributed by atoms with van der Waals surface area (Å²) >= 11 is 0. The average Bonchev–Trinajstić information content (AvgIpc) is 2.78. The second-order valence-corrected chi connectivity index (χ2v) is 7.88. The zero-order chi connectivity index (χ0) is 24.7. The molecule has 33 heavy (non-hydrogen) atoms. The van der Waals surface area contributed by atoms with Crippen molar-refractivity contribution in [2.45, 2.75) is 77.7 Å². The van der Waals surface area contributed by atoms with E-state index in [9.17, 15) is 23.6 Å². The number of Topliss-reactive ketones (excluding diaryl/α,β-unsaturated/α-hetero) is 1. The number of ether oxygens (including phenoxy) is 2. The molecule has 0 aliphatic rings. The predicted octanol–water partition coefficient (Wildman–Crippen LogP) is 4.11. The number of carbonyl (C=O) groups excluding carboxylic acids is 4. The number of halogens is 1. The molecule has 0 aliphatic carbocycles. The van der Waals surface area contributed by atoms with E-state index >= 15 is 0 Å². The standard InChI is InChI=1S/C25H36FNO6/c1-4-32-23(30)25(27-19(3)28,24(31)33-5-2)18-22(29)21-15-13-20(14-16-21)12-10-8-6-7-9-11-17-26/h13-16H,4-12,17-18H2,1-3H3,(H,27,28). The molecule has 1 aromatic carbocycles. The Morgan fingerprint density at radius 1 is 0.848 bits per heavy atom. The van der Waals surface area contributed by atoms with E-state index in [1.54, 1.807) is 26.0 Å². The number of rotatable bonds is 16. The van der Waals surface area contributed by atoms with Crippen LogP contribution in [0.15, 0.2) is 24.3 Å². The van der Waals surface area contributed by atoms with Gasteiger partial charge in [-0.2, -0.15) is 0 Å². The zero-order valence-corrected chi connectivity index (χ0v) is 19.9. The largest absolute Gasteiger partial charge is 0.464 e. The highest BCUT2D eigenvalue weighted by Crippen LogP contribution is 2.21. The fourth-order valence-corrected chi connectivity index (χ4v) is 3.51. The fraction of sp³-hybridized carbons (Fsp3) is 0.600. The fourth-order valence-electron chi connectivity index (χ4n) is 3.51. The van der Waals surface area contributed by atoms with Gasteiger partial charge in [-0.3, -0.25) is 14.0 Å². The molecule has 0 atom stereocenters. The molecular weight excluding hydrogens is 429 g/mol. The lowest BCUT2D eigenvalue weighted by atomic mass is 9.89. The van der Waals surface area contributed by atoms with Gasteiger partial charge in [-0.25, -0.2) is 9.59 Å². The molecule has 1 aromatic rings. The Kier molecular flexibility index (Phi) is 13.0. The van der Waals surface area contributed by atoms with Crippen LogP contribution < -0.4 is 5.32 Å². The first-order valence-electron chi connectivity index (χ1n) is 11.6. The first kappa shape index (κ1) is 28.3. The van der Waals surface area contributed by atoms with Crippen LogP contribution >= 0.6 is 0 Å². The van der Waals surface area contributed by atoms with E-state index in [4.69, 9.17) is 9.47 Å². The highest BCUT2D eigenvalue weighted by molar-refractivity contribution is 6.13. The summed E-state index contributed by atoms with van der Waals surface area (Å²) in [5.74, 6) is -3.22. The SMILES string of the molecule is CCOC(=O)C(CC(=O)c1ccc(CCCCCCCCF)cc1)(NC(C)=O)C(=O)OCC. The summed E-state index contributed by atoms with van der Waals surface area (Å²) < 4.78 is 22.1. The molecule has 0 bridgehead atoms. The van der Waals surface area contributed by atoms with Crippen LogP contribution in [-0.2, 0) is 30.3 Å². The Labute approximate surface area is 195 Å². The van der Waals surface area contributed by atoms with E-state index in [-0.39, 0.29) is 19.9 Å². The molecular formula is C25H36FNO6. The van der Waals surface area contributed by atoms with E-state index in [2.05, 4.69) is 5.32 Å². The van der Waals surface area contributed by atoms with Crippen LogP contribution in [0.25, 0.3) is 0 Å². The van der Waals surface area contributed by atoms with Gasteiger partial charge in [-0.05, 0) is 38.7 Å². The maximum atomic E-state index is 13.0. The summed E-state index contributed by atoms with van der Waals surface area (Å²) in [4.78, 5) is 50.1. The van der Waals surface area contributed by atoms with Gasteiger partial charge in [0.05, 0.1) is 26.3 Å². The van der Waals surface area contributed by atoms with Crippen molar-refractivity contribution < 1.29 is 33.0 Å². The molecule has 0 unspecified atom stereocenters. The Hall–Kier alpha value is -2.77. The molecule has 0 spiro atoms. The monoisotopic (exact) mass is 465 g/mol. The smallest absolute Gasteiger partial charge is 0.344 e. The zero-order valence-electron chi connectivity index (χ0n) is 19.9. The number of unbranched alkanes of at least 4 members (excludes halogenated alkanes) is 5. The summed E-state index contributed by atoms with van der Waals surface area (Å²) in [6.07, 6.45) is 5.97. The van der Waals surface area contributed by atoms with Crippen molar-refractivity contribution in [1.29, 1.82) is 0 Å². The van der Waals surface area contributed by atoms with Crippen molar-refractivity contribution in [1.82, 2.24) is 5.32 Å². The van der Waals surface area contributed by atoms with Crippen molar-refractivity contribution in [2.75, 3.05) is 19.9 Å². The van der Waals surface area contributed by atoms with E-state index in [0.29, 0.717) is 12.0 Å². The molecule has 0 fully saturated rings. The maximum Gasteiger partial charge on any atom is 0.344 e. The van der Waals surface area contributed by atoms with Crippen molar-refractivity contribution in [2.24, 2.45) is 0 Å². The Balaban J connectivity index is 2.86. The quantitative estimate of drug-likeness (QED) is 0.171. The van der Waals surface area contributed by atoms with Crippen molar-refractivity contribution in [3.63, 3.8) is 0 Å². The topological polar surface area (TPSA) is 98.8 Å². The average molecular weight is 466 g/mol. The molecule has 0 saturated heterocycles. The van der Waals surface area contributed by atoms with Gasteiger partial charge < -0.3 is 14.8 Å². The lowest BCUT2D eigenvalue weighted by Crippen LogP contribution is -2.62. The van der Waals surface area contributed by atoms with Gasteiger partial charge in [0.15, 0.2) is 5.78 Å². The first-order chi connectivity index (χ1) is 15.8. The van der Waals surface area contributed by atoms with Crippen LogP contribution in [0, 0.1) is 0 Å². The number of ketones is 1. The van der Waals surface area contributed by atoms with E-state index in [1.165, 1.54) is 0 Å². The van der Waals surface area contributed by atoms with Crippen LogP contribution in [0.1, 0.15) is 81.6 Å². The third-order valence-corrected chi connectivity index (χ3v) is 5.19. The summed E-state index contributed by atoms with van der Waals surface area (Å²) in [7, 11) is 0. The number of amides is 1. The number of alkyl halides is 1. The first-order valence-corrected chi connectivity index (χ1v) is 11.6. The van der Waals surface area contributed by atoms with Crippen molar-refractivity contribution in [3.8, 4) is 0 Å². The number of carbonyl (C=O) groups is 4. The predicted molar refractivity (Wildman–Crippen MR) is 123 cm³/mol. The third kappa shape index (κ3) is 9.32. The highest BCUT2D eigenvalue weighted by Gasteiger charge is 2.51. The molecule has 0 heterocycles. The molecule has 1 N–H and O–H groups in total. The molecule has 0 saturated carbocycles. The number of nitrogens with one attached hydrogen (secondary N) is 1. The second-order valence-electron chi connectivity index (χ2n) is 7.88. The van der Waals surface area contributed by atoms with Gasteiger partial charge in [0, 0.05) is 12.5 Å². The normalized spacial score (nSPS) is 11.0. The van der Waals surface area contributed by atoms with E-state index in [1.807, 2.05) is 12.1 Å². The van der Waals surface area contributed by atoms with Crippen LogP contribution in [0.5, 0.6) is 0 Å². The molecule has 0 aromatic heterocycles. The molecule has 184 valence electrons. The van der Waals surface area contributed by atoms with Gasteiger partial charge in [-0.1, -0.05) is 49.9 Å². The van der Waals surface area contributed by atoms with Gasteiger partial charge >= 0.3 is 11.9 Å². The summed E-state index contributed by atoms with van der Waals surface area (Å²) in [5.41, 5.74) is -0.858. The van der Waals surface area contributed by atoms with E-state index in [0.717, 1.165) is 51.0 Å². The minimum atomic E-state index is -2.24. The molecule has 1 amide bonds. The lowest BCUT2D eigenvalue weighted by molar-refractivity contribution is -0.167. The van der Waals surface area contributed by atoms with E-state index < -0.39 is 35.6 Å². The third-order valence-electron chi connectivity index (χ3n) is 5.19. The Bertz CT molecular complexity index is 760. The van der Waals surface area contributed by atoms with Crippen LogP contribution in [0.2, 0.25) is 0 Å². The summed E-state index contributed by atoms with van der Waals surface area (Å²) in [6, 6.07) is 6.97. The van der Waals surface area contributed by atoms with Crippen LogP contribution in [0.4, 0.5) is 4.39 Å². The van der Waals surface area contributed by atoms with Crippen molar-refractivity contribution in [3.05, 3.63) is 35.4 Å². The number of esters is 2.